The van der Waals surface area contributed by atoms with E-state index in [9.17, 15) is 21.6 Å². The maximum Gasteiger partial charge on any atom is 0.490 e. The van der Waals surface area contributed by atoms with E-state index in [4.69, 9.17) is 9.90 Å². The van der Waals surface area contributed by atoms with Gasteiger partial charge in [0.25, 0.3) is 0 Å². The summed E-state index contributed by atoms with van der Waals surface area (Å²) in [5, 5.41) is 7.12. The number of rotatable bonds is 6. The van der Waals surface area contributed by atoms with Gasteiger partial charge in [0, 0.05) is 25.8 Å². The highest BCUT2D eigenvalue weighted by atomic mass is 32.2. The number of carboxylic acids is 1. The second-order valence-electron chi connectivity index (χ2n) is 6.76. The zero-order valence-electron chi connectivity index (χ0n) is 17.2. The molecule has 3 rings (SSSR count). The van der Waals surface area contributed by atoms with Crippen molar-refractivity contribution in [1.82, 2.24) is 18.8 Å². The van der Waals surface area contributed by atoms with Gasteiger partial charge in [-0.3, -0.25) is 4.90 Å². The zero-order valence-corrected chi connectivity index (χ0v) is 18.0. The molecule has 0 amide bonds. The van der Waals surface area contributed by atoms with Crippen LogP contribution < -0.4 is 0 Å². The molecule has 172 valence electrons. The fraction of sp³-hybridized carbons (Fsp3) is 0.474. The van der Waals surface area contributed by atoms with Crippen LogP contribution in [0.15, 0.2) is 41.4 Å². The van der Waals surface area contributed by atoms with E-state index in [1.165, 1.54) is 4.31 Å². The second kappa shape index (κ2) is 10.2. The molecule has 2 heterocycles. The predicted molar refractivity (Wildman–Crippen MR) is 107 cm³/mol. The standard InChI is InChI=1S/C17H24N4O2S.C2HF3O2/c1-3-19(4-2)12-15-13-20-10-11-21(14-17(20)18-15)24(22,23)16-8-6-5-7-9-16;3-2(4,5)1(6)7/h5-9,13H,3-4,10-12,14H2,1-2H3;(H,6,7). The molecule has 0 saturated carbocycles. The highest BCUT2D eigenvalue weighted by Gasteiger charge is 2.38. The second-order valence-corrected chi connectivity index (χ2v) is 8.70. The molecule has 8 nitrogen and oxygen atoms in total. The van der Waals surface area contributed by atoms with E-state index in [0.717, 1.165) is 31.2 Å². The zero-order chi connectivity index (χ0) is 23.2. The van der Waals surface area contributed by atoms with E-state index in [1.807, 2.05) is 6.07 Å². The van der Waals surface area contributed by atoms with Gasteiger partial charge in [-0.1, -0.05) is 32.0 Å². The van der Waals surface area contributed by atoms with Crippen molar-refractivity contribution in [3.05, 3.63) is 48.0 Å². The van der Waals surface area contributed by atoms with Gasteiger partial charge in [-0.2, -0.15) is 17.5 Å². The number of aliphatic carboxylic acids is 1. The number of carbonyl (C=O) groups is 1. The van der Waals surface area contributed by atoms with Crippen LogP contribution >= 0.6 is 0 Å². The number of hydrogen-bond acceptors (Lipinski definition) is 5. The van der Waals surface area contributed by atoms with Crippen molar-refractivity contribution < 1.29 is 31.5 Å². The van der Waals surface area contributed by atoms with Crippen molar-refractivity contribution in [3.63, 3.8) is 0 Å². The summed E-state index contributed by atoms with van der Waals surface area (Å²) >= 11 is 0. The first-order chi connectivity index (χ1) is 14.5. The summed E-state index contributed by atoms with van der Waals surface area (Å²) < 4.78 is 60.8. The number of fused-ring (bicyclic) bond motifs is 1. The lowest BCUT2D eigenvalue weighted by atomic mass is 10.4. The first kappa shape index (κ1) is 24.8. The van der Waals surface area contributed by atoms with Crippen molar-refractivity contribution in [1.29, 1.82) is 0 Å². The molecule has 1 aliphatic heterocycles. The van der Waals surface area contributed by atoms with Crippen molar-refractivity contribution in [2.45, 2.75) is 44.6 Å². The maximum absolute atomic E-state index is 12.8. The fourth-order valence-electron chi connectivity index (χ4n) is 2.99. The first-order valence-electron chi connectivity index (χ1n) is 9.61. The van der Waals surface area contributed by atoms with E-state index in [0.29, 0.717) is 24.5 Å². The molecule has 0 atom stereocenters. The Morgan fingerprint density at radius 2 is 1.74 bits per heavy atom. The molecule has 0 saturated heterocycles. The Bertz CT molecular complexity index is 974. The Hall–Kier alpha value is -2.44. The van der Waals surface area contributed by atoms with Crippen LogP contribution in [0.2, 0.25) is 0 Å². The molecule has 1 aliphatic rings. The molecular formula is C19H25F3N4O4S. The molecule has 0 bridgehead atoms. The van der Waals surface area contributed by atoms with E-state index < -0.39 is 22.2 Å². The van der Waals surface area contributed by atoms with E-state index >= 15 is 0 Å². The lowest BCUT2D eigenvalue weighted by Gasteiger charge is -2.26. The average molecular weight is 462 g/mol. The fourth-order valence-corrected chi connectivity index (χ4v) is 4.39. The van der Waals surface area contributed by atoms with Crippen LogP contribution in [0.3, 0.4) is 0 Å². The van der Waals surface area contributed by atoms with E-state index in [-0.39, 0.29) is 0 Å². The van der Waals surface area contributed by atoms with Gasteiger partial charge >= 0.3 is 12.1 Å². The van der Waals surface area contributed by atoms with Crippen LogP contribution in [0, 0.1) is 0 Å². The van der Waals surface area contributed by atoms with Crippen LogP contribution in [-0.4, -0.2) is 64.1 Å². The van der Waals surface area contributed by atoms with Crippen LogP contribution in [-0.2, 0) is 34.5 Å². The van der Waals surface area contributed by atoms with Gasteiger partial charge in [0.1, 0.15) is 5.82 Å². The Balaban J connectivity index is 0.000000423. The summed E-state index contributed by atoms with van der Waals surface area (Å²) in [4.78, 5) is 16.2. The van der Waals surface area contributed by atoms with Gasteiger partial charge in [0.05, 0.1) is 17.1 Å². The van der Waals surface area contributed by atoms with Crippen LogP contribution in [0.5, 0.6) is 0 Å². The highest BCUT2D eigenvalue weighted by Crippen LogP contribution is 2.21. The Kier molecular flexibility index (Phi) is 8.21. The number of imidazole rings is 1. The number of halogens is 3. The Morgan fingerprint density at radius 1 is 1.16 bits per heavy atom. The first-order valence-corrected chi connectivity index (χ1v) is 11.1. The molecule has 0 fully saturated rings. The molecule has 1 N–H and O–H groups in total. The quantitative estimate of drug-likeness (QED) is 0.709. The summed E-state index contributed by atoms with van der Waals surface area (Å²) in [6.07, 6.45) is -3.03. The average Bonchev–Trinajstić information content (AvgIpc) is 3.14. The molecule has 2 aromatic rings. The number of alkyl halides is 3. The molecule has 1 aromatic carbocycles. The summed E-state index contributed by atoms with van der Waals surface area (Å²) in [5.74, 6) is -1.93. The smallest absolute Gasteiger partial charge is 0.475 e. The van der Waals surface area contributed by atoms with Gasteiger partial charge < -0.3 is 9.67 Å². The highest BCUT2D eigenvalue weighted by molar-refractivity contribution is 7.89. The Labute approximate surface area is 179 Å². The van der Waals surface area contributed by atoms with Crippen molar-refractivity contribution in [3.8, 4) is 0 Å². The van der Waals surface area contributed by atoms with Crippen molar-refractivity contribution >= 4 is 16.0 Å². The van der Waals surface area contributed by atoms with Gasteiger partial charge in [0.2, 0.25) is 10.0 Å². The largest absolute Gasteiger partial charge is 0.490 e. The van der Waals surface area contributed by atoms with Crippen LogP contribution in [0.4, 0.5) is 13.2 Å². The summed E-state index contributed by atoms with van der Waals surface area (Å²) in [6.45, 7) is 8.48. The third-order valence-corrected chi connectivity index (χ3v) is 6.58. The Morgan fingerprint density at radius 3 is 2.26 bits per heavy atom. The van der Waals surface area contributed by atoms with Gasteiger partial charge in [-0.25, -0.2) is 18.2 Å². The van der Waals surface area contributed by atoms with Crippen molar-refractivity contribution in [2.75, 3.05) is 19.6 Å². The summed E-state index contributed by atoms with van der Waals surface area (Å²) in [7, 11) is -3.46. The van der Waals surface area contributed by atoms with E-state index in [1.54, 1.807) is 24.3 Å². The number of benzene rings is 1. The monoisotopic (exact) mass is 462 g/mol. The maximum atomic E-state index is 12.8. The molecule has 0 spiro atoms. The van der Waals surface area contributed by atoms with Gasteiger partial charge in [-0.15, -0.1) is 0 Å². The lowest BCUT2D eigenvalue weighted by Crippen LogP contribution is -2.38. The van der Waals surface area contributed by atoms with Crippen molar-refractivity contribution in [2.24, 2.45) is 0 Å². The summed E-state index contributed by atoms with van der Waals surface area (Å²) in [5.41, 5.74) is 1.01. The number of hydrogen-bond donors (Lipinski definition) is 1. The van der Waals surface area contributed by atoms with Gasteiger partial charge in [0.15, 0.2) is 0 Å². The topological polar surface area (TPSA) is 95.7 Å². The van der Waals surface area contributed by atoms with Crippen LogP contribution in [0.1, 0.15) is 25.4 Å². The number of nitrogens with zero attached hydrogens (tertiary/aromatic N) is 4. The normalized spacial score (nSPS) is 14.6. The minimum Gasteiger partial charge on any atom is -0.475 e. The summed E-state index contributed by atoms with van der Waals surface area (Å²) in [6, 6.07) is 8.60. The molecule has 31 heavy (non-hydrogen) atoms. The predicted octanol–water partition coefficient (Wildman–Crippen LogP) is 2.56. The number of sulfonamides is 1. The molecular weight excluding hydrogens is 437 g/mol. The minimum atomic E-state index is -5.08. The van der Waals surface area contributed by atoms with Gasteiger partial charge in [-0.05, 0) is 25.2 Å². The van der Waals surface area contributed by atoms with E-state index in [2.05, 4.69) is 34.5 Å². The molecule has 0 aliphatic carbocycles. The molecule has 0 radical (unpaired) electrons. The minimum absolute atomic E-state index is 0.329. The lowest BCUT2D eigenvalue weighted by molar-refractivity contribution is -0.192. The SMILES string of the molecule is CCN(CC)Cc1cn2c(n1)CN(S(=O)(=O)c1ccccc1)CC2.O=C(O)C(F)(F)F. The molecule has 0 unspecified atom stereocenters. The number of carboxylic acid groups (broad SMARTS) is 1. The molecule has 12 heteroatoms. The molecule has 1 aromatic heterocycles. The third kappa shape index (κ3) is 6.52. The van der Waals surface area contributed by atoms with Crippen LogP contribution in [0.25, 0.3) is 0 Å². The third-order valence-electron chi connectivity index (χ3n) is 4.72. The number of aromatic nitrogens is 2.